The lowest BCUT2D eigenvalue weighted by molar-refractivity contribution is -0.121. The highest BCUT2D eigenvalue weighted by Crippen LogP contribution is 2.05. The number of rotatable bonds is 4. The third kappa shape index (κ3) is 3.26. The second-order valence-electron chi connectivity index (χ2n) is 3.43. The zero-order valence-corrected chi connectivity index (χ0v) is 9.06. The molecule has 2 N–H and O–H groups in total. The second-order valence-corrected chi connectivity index (χ2v) is 5.28. The van der Waals surface area contributed by atoms with Crippen LogP contribution in [0.5, 0.6) is 0 Å². The minimum atomic E-state index is -3.41. The van der Waals surface area contributed by atoms with Crippen LogP contribution in [0.2, 0.25) is 0 Å². The van der Waals surface area contributed by atoms with Crippen molar-refractivity contribution in [1.29, 1.82) is 0 Å². The van der Waals surface area contributed by atoms with E-state index in [2.05, 4.69) is 10.0 Å². The van der Waals surface area contributed by atoms with E-state index in [1.807, 2.05) is 0 Å². The first-order chi connectivity index (χ1) is 6.55. The van der Waals surface area contributed by atoms with Crippen LogP contribution in [0.1, 0.15) is 26.2 Å². The predicted octanol–water partition coefficient (Wildman–Crippen LogP) is -0.406. The summed E-state index contributed by atoms with van der Waals surface area (Å²) < 4.78 is 24.5. The fourth-order valence-electron chi connectivity index (χ4n) is 1.45. The number of amides is 1. The van der Waals surface area contributed by atoms with Gasteiger partial charge >= 0.3 is 0 Å². The lowest BCUT2D eigenvalue weighted by Crippen LogP contribution is -2.43. The molecule has 1 rings (SSSR count). The Hall–Kier alpha value is -0.620. The summed E-state index contributed by atoms with van der Waals surface area (Å²) in [5.41, 5.74) is 0. The van der Waals surface area contributed by atoms with E-state index in [-0.39, 0.29) is 11.8 Å². The van der Waals surface area contributed by atoms with Gasteiger partial charge in [-0.15, -0.1) is 0 Å². The molecule has 1 heterocycles. The third-order valence-electron chi connectivity index (χ3n) is 2.11. The molecule has 0 aromatic rings. The minimum absolute atomic E-state index is 0.00542. The molecule has 0 saturated carbocycles. The Bertz CT molecular complexity index is 294. The monoisotopic (exact) mass is 220 g/mol. The Balaban J connectivity index is 2.47. The molecule has 14 heavy (non-hydrogen) atoms. The molecule has 0 aromatic carbocycles. The molecular formula is C8H16N2O3S. The second kappa shape index (κ2) is 4.75. The molecule has 1 aliphatic heterocycles. The van der Waals surface area contributed by atoms with Crippen molar-refractivity contribution in [2.24, 2.45) is 0 Å². The van der Waals surface area contributed by atoms with Gasteiger partial charge in [-0.1, -0.05) is 6.92 Å². The maximum atomic E-state index is 11.4. The Morgan fingerprint density at radius 2 is 2.29 bits per heavy atom. The largest absolute Gasteiger partial charge is 0.306 e. The van der Waals surface area contributed by atoms with Crippen molar-refractivity contribution in [3.8, 4) is 0 Å². The minimum Gasteiger partial charge on any atom is -0.306 e. The Morgan fingerprint density at radius 1 is 1.57 bits per heavy atom. The SMILES string of the molecule is CCCS(=O)(=O)NC(=O)[C@H]1CCCN1. The molecule has 0 bridgehead atoms. The first-order valence-corrected chi connectivity index (χ1v) is 6.48. The van der Waals surface area contributed by atoms with E-state index in [0.717, 1.165) is 13.0 Å². The van der Waals surface area contributed by atoms with Crippen LogP contribution in [-0.4, -0.2) is 32.7 Å². The van der Waals surface area contributed by atoms with Crippen LogP contribution < -0.4 is 10.0 Å². The van der Waals surface area contributed by atoms with Gasteiger partial charge in [0.15, 0.2) is 0 Å². The van der Waals surface area contributed by atoms with Gasteiger partial charge in [-0.3, -0.25) is 9.52 Å². The van der Waals surface area contributed by atoms with Crippen molar-refractivity contribution in [2.45, 2.75) is 32.2 Å². The lowest BCUT2D eigenvalue weighted by atomic mass is 10.2. The van der Waals surface area contributed by atoms with E-state index in [1.54, 1.807) is 6.92 Å². The number of nitrogens with one attached hydrogen (secondary N) is 2. The summed E-state index contributed by atoms with van der Waals surface area (Å²) in [6.45, 7) is 2.55. The standard InChI is InChI=1S/C8H16N2O3S/c1-2-6-14(12,13)10-8(11)7-4-3-5-9-7/h7,9H,2-6H2,1H3,(H,10,11)/t7-/m1/s1. The molecule has 6 heteroatoms. The van der Waals surface area contributed by atoms with Crippen LogP contribution in [-0.2, 0) is 14.8 Å². The number of hydrogen-bond donors (Lipinski definition) is 2. The van der Waals surface area contributed by atoms with E-state index in [9.17, 15) is 13.2 Å². The maximum absolute atomic E-state index is 11.4. The Morgan fingerprint density at radius 3 is 2.79 bits per heavy atom. The van der Waals surface area contributed by atoms with Crippen LogP contribution in [0.15, 0.2) is 0 Å². The van der Waals surface area contributed by atoms with Crippen molar-refractivity contribution >= 4 is 15.9 Å². The predicted molar refractivity (Wildman–Crippen MR) is 53.2 cm³/mol. The molecule has 0 aromatic heterocycles. The summed E-state index contributed by atoms with van der Waals surface area (Å²) in [4.78, 5) is 11.4. The van der Waals surface area contributed by atoms with Crippen molar-refractivity contribution in [1.82, 2.24) is 10.0 Å². The van der Waals surface area contributed by atoms with Crippen LogP contribution in [0, 0.1) is 0 Å². The van der Waals surface area contributed by atoms with E-state index < -0.39 is 15.9 Å². The highest BCUT2D eigenvalue weighted by Gasteiger charge is 2.25. The molecule has 82 valence electrons. The van der Waals surface area contributed by atoms with E-state index in [4.69, 9.17) is 0 Å². The number of sulfonamides is 1. The van der Waals surface area contributed by atoms with Gasteiger partial charge in [-0.05, 0) is 25.8 Å². The zero-order valence-electron chi connectivity index (χ0n) is 8.25. The summed E-state index contributed by atoms with van der Waals surface area (Å²) in [5, 5.41) is 2.94. The first kappa shape index (κ1) is 11.5. The van der Waals surface area contributed by atoms with E-state index in [1.165, 1.54) is 0 Å². The molecule has 5 nitrogen and oxygen atoms in total. The highest BCUT2D eigenvalue weighted by atomic mass is 32.2. The van der Waals surface area contributed by atoms with Crippen LogP contribution in [0.25, 0.3) is 0 Å². The summed E-state index contributed by atoms with van der Waals surface area (Å²) in [7, 11) is -3.41. The number of carbonyl (C=O) groups is 1. The molecule has 0 aliphatic carbocycles. The average Bonchev–Trinajstić information content (AvgIpc) is 2.53. The Kier molecular flexibility index (Phi) is 3.88. The molecule has 1 atom stereocenters. The van der Waals surface area contributed by atoms with Crippen LogP contribution >= 0.6 is 0 Å². The maximum Gasteiger partial charge on any atom is 0.250 e. The zero-order chi connectivity index (χ0) is 10.6. The number of hydrogen-bond acceptors (Lipinski definition) is 4. The molecule has 0 spiro atoms. The fraction of sp³-hybridized carbons (Fsp3) is 0.875. The summed E-state index contributed by atoms with van der Waals surface area (Å²) in [6.07, 6.45) is 2.15. The first-order valence-electron chi connectivity index (χ1n) is 4.83. The van der Waals surface area contributed by atoms with Crippen molar-refractivity contribution in [3.63, 3.8) is 0 Å². The van der Waals surface area contributed by atoms with Gasteiger partial charge < -0.3 is 5.32 Å². The molecule has 1 aliphatic rings. The molecule has 1 fully saturated rings. The van der Waals surface area contributed by atoms with Gasteiger partial charge in [-0.2, -0.15) is 0 Å². The number of carbonyl (C=O) groups excluding carboxylic acids is 1. The van der Waals surface area contributed by atoms with E-state index >= 15 is 0 Å². The summed E-state index contributed by atoms with van der Waals surface area (Å²) in [5.74, 6) is -0.415. The van der Waals surface area contributed by atoms with Gasteiger partial charge in [-0.25, -0.2) is 8.42 Å². The average molecular weight is 220 g/mol. The topological polar surface area (TPSA) is 75.3 Å². The van der Waals surface area contributed by atoms with Gasteiger partial charge in [0.25, 0.3) is 5.91 Å². The van der Waals surface area contributed by atoms with Gasteiger partial charge in [0, 0.05) is 0 Å². The summed E-state index contributed by atoms with van der Waals surface area (Å²) in [6, 6.07) is -0.332. The van der Waals surface area contributed by atoms with Gasteiger partial charge in [0.2, 0.25) is 10.0 Å². The molecule has 0 radical (unpaired) electrons. The smallest absolute Gasteiger partial charge is 0.250 e. The third-order valence-corrected chi connectivity index (χ3v) is 3.56. The van der Waals surface area contributed by atoms with Crippen molar-refractivity contribution in [3.05, 3.63) is 0 Å². The van der Waals surface area contributed by atoms with Crippen LogP contribution in [0.4, 0.5) is 0 Å². The van der Waals surface area contributed by atoms with E-state index in [0.29, 0.717) is 12.8 Å². The Labute approximate surface area is 84.3 Å². The quantitative estimate of drug-likeness (QED) is 0.675. The van der Waals surface area contributed by atoms with Crippen LogP contribution in [0.3, 0.4) is 0 Å². The fourth-order valence-corrected chi connectivity index (χ4v) is 2.54. The van der Waals surface area contributed by atoms with Crippen molar-refractivity contribution < 1.29 is 13.2 Å². The summed E-state index contributed by atoms with van der Waals surface area (Å²) >= 11 is 0. The van der Waals surface area contributed by atoms with Crippen molar-refractivity contribution in [2.75, 3.05) is 12.3 Å². The molecule has 1 amide bonds. The lowest BCUT2D eigenvalue weighted by Gasteiger charge is -2.10. The van der Waals surface area contributed by atoms with Gasteiger partial charge in [0.1, 0.15) is 0 Å². The molecular weight excluding hydrogens is 204 g/mol. The van der Waals surface area contributed by atoms with Gasteiger partial charge in [0.05, 0.1) is 11.8 Å². The highest BCUT2D eigenvalue weighted by molar-refractivity contribution is 7.90. The molecule has 1 saturated heterocycles. The molecule has 0 unspecified atom stereocenters. The normalized spacial score (nSPS) is 22.2.